The lowest BCUT2D eigenvalue weighted by Crippen LogP contribution is -2.35. The number of aliphatic hydroxyl groups excluding tert-OH is 1. The molecule has 29 heavy (non-hydrogen) atoms. The van der Waals surface area contributed by atoms with E-state index < -0.39 is 30.2 Å². The molecule has 1 aliphatic heterocycles. The molecule has 150 valence electrons. The third kappa shape index (κ3) is 3.99. The van der Waals surface area contributed by atoms with Crippen LogP contribution in [-0.4, -0.2) is 47.9 Å². The molecule has 1 amide bonds. The van der Waals surface area contributed by atoms with E-state index in [1.807, 2.05) is 6.92 Å². The van der Waals surface area contributed by atoms with Gasteiger partial charge < -0.3 is 19.5 Å². The number of likely N-dealkylation sites (tertiary alicyclic amines) is 1. The molecular formula is C22H21NO6. The summed E-state index contributed by atoms with van der Waals surface area (Å²) in [5.41, 5.74) is 0.891. The van der Waals surface area contributed by atoms with E-state index in [0.717, 1.165) is 4.90 Å². The molecule has 7 nitrogen and oxygen atoms in total. The van der Waals surface area contributed by atoms with Gasteiger partial charge in [0.25, 0.3) is 11.7 Å². The number of methoxy groups -OCH3 is 1. The second-order valence-electron chi connectivity index (χ2n) is 6.37. The van der Waals surface area contributed by atoms with Gasteiger partial charge >= 0.3 is 5.97 Å². The lowest BCUT2D eigenvalue weighted by atomic mass is 9.95. The van der Waals surface area contributed by atoms with Gasteiger partial charge in [-0.1, -0.05) is 42.5 Å². The molecule has 1 atom stereocenters. The largest absolute Gasteiger partial charge is 0.507 e. The van der Waals surface area contributed by atoms with Crippen molar-refractivity contribution < 1.29 is 29.0 Å². The maximum absolute atomic E-state index is 12.8. The predicted molar refractivity (Wildman–Crippen MR) is 105 cm³/mol. The molecule has 0 saturated carbocycles. The summed E-state index contributed by atoms with van der Waals surface area (Å²) in [4.78, 5) is 38.4. The fourth-order valence-corrected chi connectivity index (χ4v) is 3.26. The second-order valence-corrected chi connectivity index (χ2v) is 6.37. The number of amides is 1. The Morgan fingerprint density at radius 2 is 1.72 bits per heavy atom. The monoisotopic (exact) mass is 395 g/mol. The Morgan fingerprint density at radius 1 is 1.07 bits per heavy atom. The van der Waals surface area contributed by atoms with Crippen LogP contribution in [0.25, 0.3) is 5.76 Å². The number of Topliss-reactive ketones (excluding diaryl/α,β-unsaturated/α-hetero) is 1. The minimum absolute atomic E-state index is 0.0748. The number of hydrogen-bond donors (Lipinski definition) is 1. The molecule has 2 aromatic rings. The second kappa shape index (κ2) is 8.60. The third-order valence-corrected chi connectivity index (χ3v) is 4.62. The maximum atomic E-state index is 12.8. The first-order chi connectivity index (χ1) is 14.0. The summed E-state index contributed by atoms with van der Waals surface area (Å²) in [6.07, 6.45) is 0. The van der Waals surface area contributed by atoms with E-state index in [1.54, 1.807) is 54.6 Å². The zero-order chi connectivity index (χ0) is 21.0. The Morgan fingerprint density at radius 3 is 2.31 bits per heavy atom. The molecular weight excluding hydrogens is 374 g/mol. The minimum atomic E-state index is -0.926. The Labute approximate surface area is 168 Å². The lowest BCUT2D eigenvalue weighted by molar-refractivity contribution is -0.148. The summed E-state index contributed by atoms with van der Waals surface area (Å²) in [5.74, 6) is -2.05. The van der Waals surface area contributed by atoms with Crippen molar-refractivity contribution in [1.82, 2.24) is 4.90 Å². The highest BCUT2D eigenvalue weighted by atomic mass is 16.5. The van der Waals surface area contributed by atoms with Gasteiger partial charge in [-0.3, -0.25) is 14.4 Å². The average Bonchev–Trinajstić information content (AvgIpc) is 2.99. The molecule has 3 rings (SSSR count). The van der Waals surface area contributed by atoms with Gasteiger partial charge in [-0.15, -0.1) is 0 Å². The van der Waals surface area contributed by atoms with Crippen LogP contribution in [0.1, 0.15) is 24.1 Å². The lowest BCUT2D eigenvalue weighted by Gasteiger charge is -2.24. The van der Waals surface area contributed by atoms with Crippen LogP contribution in [0.15, 0.2) is 60.2 Å². The summed E-state index contributed by atoms with van der Waals surface area (Å²) in [6.45, 7) is 1.94. The summed E-state index contributed by atoms with van der Waals surface area (Å²) in [5, 5.41) is 10.8. The topological polar surface area (TPSA) is 93.1 Å². The summed E-state index contributed by atoms with van der Waals surface area (Å²) < 4.78 is 10.1. The summed E-state index contributed by atoms with van der Waals surface area (Å²) in [6, 6.07) is 14.4. The number of carbonyl (C=O) groups excluding carboxylic acids is 3. The van der Waals surface area contributed by atoms with E-state index >= 15 is 0 Å². The zero-order valence-corrected chi connectivity index (χ0v) is 16.1. The van der Waals surface area contributed by atoms with Crippen LogP contribution < -0.4 is 4.74 Å². The van der Waals surface area contributed by atoms with Gasteiger partial charge in [-0.2, -0.15) is 0 Å². The number of esters is 1. The van der Waals surface area contributed by atoms with Crippen molar-refractivity contribution in [2.24, 2.45) is 0 Å². The molecule has 0 bridgehead atoms. The predicted octanol–water partition coefficient (Wildman–Crippen LogP) is 2.68. The molecule has 1 N–H and O–H groups in total. The van der Waals surface area contributed by atoms with Gasteiger partial charge in [0.1, 0.15) is 18.1 Å². The van der Waals surface area contributed by atoms with Gasteiger partial charge in [-0.25, -0.2) is 0 Å². The standard InChI is InChI=1S/C22H21NO6/c1-3-29-16-11-9-14(10-12-16)19-18(20(25)15-7-5-4-6-8-15)21(26)22(27)23(19)13-17(24)28-2/h4-12,19,25H,3,13H2,1-2H3/t19-/m0/s1. The molecule has 0 spiro atoms. The van der Waals surface area contributed by atoms with Gasteiger partial charge in [-0.05, 0) is 24.6 Å². The smallest absolute Gasteiger partial charge is 0.325 e. The molecule has 2 aromatic carbocycles. The van der Waals surface area contributed by atoms with Crippen LogP contribution in [0.2, 0.25) is 0 Å². The van der Waals surface area contributed by atoms with Crippen LogP contribution in [0.4, 0.5) is 0 Å². The van der Waals surface area contributed by atoms with Crippen molar-refractivity contribution in [2.45, 2.75) is 13.0 Å². The van der Waals surface area contributed by atoms with Crippen molar-refractivity contribution in [1.29, 1.82) is 0 Å². The van der Waals surface area contributed by atoms with Crippen LogP contribution in [0.5, 0.6) is 5.75 Å². The Bertz CT molecular complexity index is 949. The van der Waals surface area contributed by atoms with E-state index in [4.69, 9.17) is 4.74 Å². The first kappa shape index (κ1) is 20.1. The van der Waals surface area contributed by atoms with Gasteiger partial charge in [0.05, 0.1) is 25.3 Å². The number of benzene rings is 2. The number of rotatable bonds is 6. The molecule has 1 heterocycles. The number of hydrogen-bond acceptors (Lipinski definition) is 6. The number of nitrogens with zero attached hydrogens (tertiary/aromatic N) is 1. The Hall–Kier alpha value is -3.61. The number of ether oxygens (including phenoxy) is 2. The van der Waals surface area contributed by atoms with E-state index in [0.29, 0.717) is 23.5 Å². The van der Waals surface area contributed by atoms with Gasteiger partial charge in [0.15, 0.2) is 0 Å². The van der Waals surface area contributed by atoms with Crippen LogP contribution in [0.3, 0.4) is 0 Å². The summed E-state index contributed by atoms with van der Waals surface area (Å²) >= 11 is 0. The molecule has 0 aliphatic carbocycles. The highest BCUT2D eigenvalue weighted by Gasteiger charge is 2.46. The first-order valence-corrected chi connectivity index (χ1v) is 9.11. The minimum Gasteiger partial charge on any atom is -0.507 e. The van der Waals surface area contributed by atoms with Crippen LogP contribution in [0, 0.1) is 0 Å². The van der Waals surface area contributed by atoms with E-state index in [9.17, 15) is 19.5 Å². The fraction of sp³-hybridized carbons (Fsp3) is 0.227. The van der Waals surface area contributed by atoms with Crippen molar-refractivity contribution >= 4 is 23.4 Å². The molecule has 1 saturated heterocycles. The zero-order valence-electron chi connectivity index (χ0n) is 16.1. The molecule has 1 aliphatic rings. The van der Waals surface area contributed by atoms with Gasteiger partial charge in [0, 0.05) is 5.56 Å². The van der Waals surface area contributed by atoms with Crippen LogP contribution >= 0.6 is 0 Å². The van der Waals surface area contributed by atoms with Crippen LogP contribution in [-0.2, 0) is 19.1 Å². The maximum Gasteiger partial charge on any atom is 0.325 e. The molecule has 7 heteroatoms. The highest BCUT2D eigenvalue weighted by molar-refractivity contribution is 6.46. The average molecular weight is 395 g/mol. The molecule has 1 fully saturated rings. The van der Waals surface area contributed by atoms with E-state index in [2.05, 4.69) is 4.74 Å². The molecule has 0 radical (unpaired) electrons. The number of aliphatic hydroxyl groups is 1. The number of carbonyl (C=O) groups is 3. The van der Waals surface area contributed by atoms with Crippen molar-refractivity contribution in [3.05, 3.63) is 71.3 Å². The van der Waals surface area contributed by atoms with E-state index in [-0.39, 0.29) is 11.3 Å². The normalized spacial score (nSPS) is 18.0. The SMILES string of the molecule is CCOc1ccc([C@H]2C(=C(O)c3ccccc3)C(=O)C(=O)N2CC(=O)OC)cc1. The Balaban J connectivity index is 2.13. The van der Waals surface area contributed by atoms with Crippen molar-refractivity contribution in [2.75, 3.05) is 20.3 Å². The summed E-state index contributed by atoms with van der Waals surface area (Å²) in [7, 11) is 1.20. The van der Waals surface area contributed by atoms with E-state index in [1.165, 1.54) is 7.11 Å². The van der Waals surface area contributed by atoms with Crippen molar-refractivity contribution in [3.8, 4) is 5.75 Å². The number of ketones is 1. The fourth-order valence-electron chi connectivity index (χ4n) is 3.26. The first-order valence-electron chi connectivity index (χ1n) is 9.11. The quantitative estimate of drug-likeness (QED) is 0.350. The van der Waals surface area contributed by atoms with Crippen molar-refractivity contribution in [3.63, 3.8) is 0 Å². The Kier molecular flexibility index (Phi) is 5.97. The third-order valence-electron chi connectivity index (χ3n) is 4.62. The van der Waals surface area contributed by atoms with Gasteiger partial charge in [0.2, 0.25) is 0 Å². The molecule has 0 aromatic heterocycles. The highest BCUT2D eigenvalue weighted by Crippen LogP contribution is 2.39. The molecule has 0 unspecified atom stereocenters.